The van der Waals surface area contributed by atoms with Crippen LogP contribution in [-0.4, -0.2) is 45.4 Å². The fourth-order valence-electron chi connectivity index (χ4n) is 2.77. The average Bonchev–Trinajstić information content (AvgIpc) is 2.59. The Bertz CT molecular complexity index is 693. The van der Waals surface area contributed by atoms with E-state index in [1.165, 1.54) is 23.5 Å². The minimum Gasteiger partial charge on any atom is -0.497 e. The summed E-state index contributed by atoms with van der Waals surface area (Å²) in [6.45, 7) is 7.40. The average molecular weight is 368 g/mol. The maximum Gasteiger partial charge on any atom is 0.243 e. The van der Waals surface area contributed by atoms with Crippen molar-refractivity contribution in [3.8, 4) is 5.75 Å². The second-order valence-corrected chi connectivity index (χ2v) is 9.59. The summed E-state index contributed by atoms with van der Waals surface area (Å²) < 4.78 is 32.1. The highest BCUT2D eigenvalue weighted by atomic mass is 32.2. The van der Waals surface area contributed by atoms with Crippen LogP contribution in [0.25, 0.3) is 0 Å². The molecule has 2 rings (SSSR count). The van der Waals surface area contributed by atoms with Gasteiger partial charge in [-0.05, 0) is 42.5 Å². The molecular weight excluding hydrogens is 340 g/mol. The van der Waals surface area contributed by atoms with Gasteiger partial charge in [-0.25, -0.2) is 8.42 Å². The summed E-state index contributed by atoms with van der Waals surface area (Å²) in [5.41, 5.74) is -0.000809. The van der Waals surface area contributed by atoms with E-state index in [1.54, 1.807) is 12.1 Å². The highest BCUT2D eigenvalue weighted by Crippen LogP contribution is 2.25. The highest BCUT2D eigenvalue weighted by molar-refractivity contribution is 7.89. The number of amides is 1. The molecule has 1 aliphatic rings. The van der Waals surface area contributed by atoms with E-state index in [1.807, 2.05) is 0 Å². The van der Waals surface area contributed by atoms with Crippen LogP contribution >= 0.6 is 0 Å². The van der Waals surface area contributed by atoms with Crippen molar-refractivity contribution in [2.75, 3.05) is 26.7 Å². The lowest BCUT2D eigenvalue weighted by Gasteiger charge is -2.32. The van der Waals surface area contributed by atoms with Gasteiger partial charge in [0.2, 0.25) is 15.9 Å². The zero-order valence-electron chi connectivity index (χ0n) is 15.4. The molecule has 7 heteroatoms. The lowest BCUT2D eigenvalue weighted by molar-refractivity contribution is -0.126. The van der Waals surface area contributed by atoms with Crippen LogP contribution in [-0.2, 0) is 14.8 Å². The van der Waals surface area contributed by atoms with Gasteiger partial charge < -0.3 is 10.1 Å². The third kappa shape index (κ3) is 5.19. The largest absolute Gasteiger partial charge is 0.497 e. The normalized spacial score (nSPS) is 19.4. The van der Waals surface area contributed by atoms with E-state index in [2.05, 4.69) is 26.1 Å². The molecule has 0 bridgehead atoms. The van der Waals surface area contributed by atoms with E-state index in [4.69, 9.17) is 4.74 Å². The van der Waals surface area contributed by atoms with Crippen molar-refractivity contribution < 1.29 is 17.9 Å². The fourth-order valence-corrected chi connectivity index (χ4v) is 4.29. The van der Waals surface area contributed by atoms with E-state index in [-0.39, 0.29) is 28.7 Å². The van der Waals surface area contributed by atoms with Crippen LogP contribution in [0.5, 0.6) is 5.75 Å². The van der Waals surface area contributed by atoms with Crippen molar-refractivity contribution in [1.29, 1.82) is 0 Å². The van der Waals surface area contributed by atoms with Crippen molar-refractivity contribution >= 4 is 15.9 Å². The monoisotopic (exact) mass is 368 g/mol. The van der Waals surface area contributed by atoms with Gasteiger partial charge in [-0.3, -0.25) is 4.79 Å². The number of carbonyl (C=O) groups is 1. The van der Waals surface area contributed by atoms with Gasteiger partial charge in [0.1, 0.15) is 5.75 Å². The van der Waals surface area contributed by atoms with Gasteiger partial charge in [-0.1, -0.05) is 20.8 Å². The minimum absolute atomic E-state index is 0.000809. The Morgan fingerprint density at radius 1 is 1.28 bits per heavy atom. The molecule has 0 aliphatic carbocycles. The molecule has 1 fully saturated rings. The Hall–Kier alpha value is -1.60. The Kier molecular flexibility index (Phi) is 6.11. The van der Waals surface area contributed by atoms with Gasteiger partial charge in [0, 0.05) is 19.6 Å². The summed E-state index contributed by atoms with van der Waals surface area (Å²) in [7, 11) is -2.06. The fraction of sp³-hybridized carbons (Fsp3) is 0.611. The van der Waals surface area contributed by atoms with E-state index < -0.39 is 10.0 Å². The standard InChI is InChI=1S/C18H28N2O4S/c1-18(2,3)13-19-17(21)14-6-5-11-20(12-14)25(22,23)16-9-7-15(24-4)8-10-16/h7-10,14H,5-6,11-13H2,1-4H3,(H,19,21)/t14-/m0/s1. The first kappa shape index (κ1) is 19.7. The van der Waals surface area contributed by atoms with Crippen molar-refractivity contribution in [2.24, 2.45) is 11.3 Å². The van der Waals surface area contributed by atoms with Crippen molar-refractivity contribution in [3.05, 3.63) is 24.3 Å². The molecule has 1 aromatic carbocycles. The second-order valence-electron chi connectivity index (χ2n) is 7.66. The van der Waals surface area contributed by atoms with Crippen LogP contribution < -0.4 is 10.1 Å². The summed E-state index contributed by atoms with van der Waals surface area (Å²) in [6.07, 6.45) is 1.40. The SMILES string of the molecule is COc1ccc(S(=O)(=O)N2CCC[C@H](C(=O)NCC(C)(C)C)C2)cc1. The topological polar surface area (TPSA) is 75.7 Å². The first-order chi connectivity index (χ1) is 11.6. The predicted molar refractivity (Wildman–Crippen MR) is 96.9 cm³/mol. The Labute approximate surface area is 150 Å². The van der Waals surface area contributed by atoms with Gasteiger partial charge in [0.15, 0.2) is 0 Å². The molecule has 0 aromatic heterocycles. The number of nitrogens with one attached hydrogen (secondary N) is 1. The number of hydrogen-bond acceptors (Lipinski definition) is 4. The molecule has 1 saturated heterocycles. The molecule has 0 saturated carbocycles. The Morgan fingerprint density at radius 2 is 1.92 bits per heavy atom. The molecule has 0 spiro atoms. The zero-order chi connectivity index (χ0) is 18.7. The molecule has 140 valence electrons. The van der Waals surface area contributed by atoms with Crippen LogP contribution in [0.4, 0.5) is 0 Å². The van der Waals surface area contributed by atoms with Gasteiger partial charge in [0.25, 0.3) is 0 Å². The molecule has 1 aromatic rings. The molecule has 25 heavy (non-hydrogen) atoms. The molecule has 1 aliphatic heterocycles. The first-order valence-electron chi connectivity index (χ1n) is 8.55. The number of nitrogens with zero attached hydrogens (tertiary/aromatic N) is 1. The molecule has 1 atom stereocenters. The number of methoxy groups -OCH3 is 1. The number of rotatable bonds is 5. The maximum absolute atomic E-state index is 12.8. The van der Waals surface area contributed by atoms with Crippen LogP contribution in [0.2, 0.25) is 0 Å². The minimum atomic E-state index is -3.60. The lowest BCUT2D eigenvalue weighted by Crippen LogP contribution is -2.46. The van der Waals surface area contributed by atoms with Crippen LogP contribution in [0.3, 0.4) is 0 Å². The van der Waals surface area contributed by atoms with Crippen molar-refractivity contribution in [3.63, 3.8) is 0 Å². The van der Waals surface area contributed by atoms with Crippen molar-refractivity contribution in [2.45, 2.75) is 38.5 Å². The quantitative estimate of drug-likeness (QED) is 0.865. The summed E-state index contributed by atoms with van der Waals surface area (Å²) >= 11 is 0. The maximum atomic E-state index is 12.8. The van der Waals surface area contributed by atoms with E-state index in [0.29, 0.717) is 31.7 Å². The molecule has 0 radical (unpaired) electrons. The number of benzene rings is 1. The zero-order valence-corrected chi connectivity index (χ0v) is 16.2. The summed E-state index contributed by atoms with van der Waals surface area (Å²) in [6, 6.07) is 6.34. The molecule has 6 nitrogen and oxygen atoms in total. The molecular formula is C18H28N2O4S. The number of piperidine rings is 1. The third-order valence-corrected chi connectivity index (χ3v) is 6.12. The Balaban J connectivity index is 2.07. The van der Waals surface area contributed by atoms with Gasteiger partial charge in [-0.2, -0.15) is 4.31 Å². The molecule has 1 heterocycles. The number of hydrogen-bond donors (Lipinski definition) is 1. The number of sulfonamides is 1. The van der Waals surface area contributed by atoms with Crippen LogP contribution in [0.1, 0.15) is 33.6 Å². The summed E-state index contributed by atoms with van der Waals surface area (Å²) in [5.74, 6) is 0.241. The number of ether oxygens (including phenoxy) is 1. The van der Waals surface area contributed by atoms with E-state index in [9.17, 15) is 13.2 Å². The Morgan fingerprint density at radius 3 is 2.48 bits per heavy atom. The third-order valence-electron chi connectivity index (χ3n) is 4.25. The van der Waals surface area contributed by atoms with Gasteiger partial charge >= 0.3 is 0 Å². The van der Waals surface area contributed by atoms with Gasteiger partial charge in [0.05, 0.1) is 17.9 Å². The molecule has 0 unspecified atom stereocenters. The molecule has 1 N–H and O–H groups in total. The smallest absolute Gasteiger partial charge is 0.243 e. The summed E-state index contributed by atoms with van der Waals surface area (Å²) in [4.78, 5) is 12.6. The predicted octanol–water partition coefficient (Wildman–Crippen LogP) is 2.26. The number of carbonyl (C=O) groups excluding carboxylic acids is 1. The second kappa shape index (κ2) is 7.74. The highest BCUT2D eigenvalue weighted by Gasteiger charge is 2.33. The van der Waals surface area contributed by atoms with Crippen molar-refractivity contribution in [1.82, 2.24) is 9.62 Å². The lowest BCUT2D eigenvalue weighted by atomic mass is 9.95. The van der Waals surface area contributed by atoms with Gasteiger partial charge in [-0.15, -0.1) is 0 Å². The van der Waals surface area contributed by atoms with E-state index >= 15 is 0 Å². The van der Waals surface area contributed by atoms with Crippen LogP contribution in [0.15, 0.2) is 29.2 Å². The van der Waals surface area contributed by atoms with Crippen LogP contribution in [0, 0.1) is 11.3 Å². The first-order valence-corrected chi connectivity index (χ1v) is 9.99. The summed E-state index contributed by atoms with van der Waals surface area (Å²) in [5, 5.41) is 2.94. The van der Waals surface area contributed by atoms with E-state index in [0.717, 1.165) is 0 Å². The molecule has 1 amide bonds.